The fourth-order valence-corrected chi connectivity index (χ4v) is 9.02. The summed E-state index contributed by atoms with van der Waals surface area (Å²) in [6, 6.07) is 53.0. The molecule has 0 bridgehead atoms. The number of thiophene rings is 1. The largest absolute Gasteiger partial charge is 0.248 e. The Bertz CT molecular complexity index is 3140. The maximum atomic E-state index is 5.24. The number of rotatable bonds is 4. The van der Waals surface area contributed by atoms with Crippen molar-refractivity contribution >= 4 is 42.9 Å². The number of benzene rings is 7. The molecule has 0 saturated carbocycles. The lowest BCUT2D eigenvalue weighted by Crippen LogP contribution is -2.04. The van der Waals surface area contributed by atoms with Crippen LogP contribution in [0.15, 0.2) is 162 Å². The van der Waals surface area contributed by atoms with Gasteiger partial charge in [0.1, 0.15) is 11.4 Å². The van der Waals surface area contributed by atoms with E-state index in [9.17, 15) is 0 Å². The van der Waals surface area contributed by atoms with Crippen molar-refractivity contribution in [2.45, 2.75) is 0 Å². The standard InChI is InChI=1S/C45H25N5S/c1-3-12-26(13-4-1)38-43(27-14-5-2-6-15-27)48-50-49-45(38)40-30(29-18-11-21-37-39(29)32-17-8-10-20-36(32)51-37)22-24-34-41(40)42-35(46-34)25-23-31-28-16-7-9-19-33(28)47-44(31)42/h1-25H. The monoisotopic (exact) mass is 667 g/mol. The quantitative estimate of drug-likeness (QED) is 0.188. The molecule has 2 aliphatic heterocycles. The van der Waals surface area contributed by atoms with Crippen LogP contribution in [0.1, 0.15) is 0 Å². The van der Waals surface area contributed by atoms with Crippen molar-refractivity contribution in [3.05, 3.63) is 173 Å². The lowest BCUT2D eigenvalue weighted by Gasteiger charge is -2.20. The van der Waals surface area contributed by atoms with Crippen molar-refractivity contribution in [2.24, 2.45) is 9.98 Å². The van der Waals surface area contributed by atoms with Crippen LogP contribution in [0, 0.1) is 10.4 Å². The van der Waals surface area contributed by atoms with Gasteiger partial charge < -0.3 is 0 Å². The molecule has 2 aliphatic rings. The SMILES string of the molecule is c1ccc(-c2nnnc(-c3c(-c4cccc5sc6ccccc6c45)ccc4c3-c3c5c(ccc3=N4)=c3ccccc3=N5)c2-c2ccccc2)cc1. The van der Waals surface area contributed by atoms with E-state index < -0.39 is 0 Å². The maximum Gasteiger partial charge on any atom is 0.106 e. The first-order chi connectivity index (χ1) is 25.3. The number of fused-ring (bicyclic) bond motifs is 9. The van der Waals surface area contributed by atoms with Gasteiger partial charge in [-0.25, -0.2) is 9.98 Å². The van der Waals surface area contributed by atoms with E-state index in [4.69, 9.17) is 20.2 Å². The van der Waals surface area contributed by atoms with Gasteiger partial charge in [-0.15, -0.1) is 21.5 Å². The lowest BCUT2D eigenvalue weighted by atomic mass is 9.84. The van der Waals surface area contributed by atoms with Gasteiger partial charge in [-0.2, -0.15) is 0 Å². The highest BCUT2D eigenvalue weighted by atomic mass is 32.1. The Kier molecular flexibility index (Phi) is 6.05. The molecule has 0 radical (unpaired) electrons. The Hall–Kier alpha value is -6.63. The molecule has 0 atom stereocenters. The Morgan fingerprint density at radius 2 is 1.16 bits per heavy atom. The van der Waals surface area contributed by atoms with E-state index in [1.165, 1.54) is 20.2 Å². The van der Waals surface area contributed by atoms with Gasteiger partial charge in [-0.1, -0.05) is 115 Å². The minimum atomic E-state index is 0.759. The Labute approximate surface area is 295 Å². The average molecular weight is 668 g/mol. The van der Waals surface area contributed by atoms with Crippen LogP contribution in [0.25, 0.3) is 76.1 Å². The van der Waals surface area contributed by atoms with Gasteiger partial charge in [-0.05, 0) is 58.3 Å². The highest BCUT2D eigenvalue weighted by molar-refractivity contribution is 7.25. The van der Waals surface area contributed by atoms with E-state index in [0.29, 0.717) is 0 Å². The summed E-state index contributed by atoms with van der Waals surface area (Å²) in [6.07, 6.45) is 0. The predicted molar refractivity (Wildman–Crippen MR) is 206 cm³/mol. The minimum absolute atomic E-state index is 0.759. The predicted octanol–water partition coefficient (Wildman–Crippen LogP) is 10.4. The second-order valence-corrected chi connectivity index (χ2v) is 13.9. The van der Waals surface area contributed by atoms with Crippen molar-refractivity contribution in [2.75, 3.05) is 0 Å². The summed E-state index contributed by atoms with van der Waals surface area (Å²) >= 11 is 1.82. The third-order valence-electron chi connectivity index (χ3n) is 10.1. The molecule has 236 valence electrons. The Morgan fingerprint density at radius 3 is 2.04 bits per heavy atom. The molecule has 5 nitrogen and oxygen atoms in total. The average Bonchev–Trinajstić information content (AvgIpc) is 3.89. The van der Waals surface area contributed by atoms with Crippen molar-refractivity contribution in [1.29, 1.82) is 0 Å². The minimum Gasteiger partial charge on any atom is -0.248 e. The van der Waals surface area contributed by atoms with Gasteiger partial charge in [0.05, 0.1) is 22.1 Å². The van der Waals surface area contributed by atoms with E-state index in [1.54, 1.807) is 0 Å². The zero-order valence-electron chi connectivity index (χ0n) is 27.1. The summed E-state index contributed by atoms with van der Waals surface area (Å²) in [7, 11) is 0. The van der Waals surface area contributed by atoms with Crippen molar-refractivity contribution in [3.63, 3.8) is 0 Å². The second-order valence-electron chi connectivity index (χ2n) is 12.8. The third-order valence-corrected chi connectivity index (χ3v) is 11.2. The molecule has 0 saturated heterocycles. The molecule has 2 aromatic heterocycles. The first-order valence-corrected chi connectivity index (χ1v) is 17.8. The highest BCUT2D eigenvalue weighted by Gasteiger charge is 2.30. The zero-order valence-corrected chi connectivity index (χ0v) is 27.9. The molecule has 0 amide bonds. The molecule has 4 heterocycles. The summed E-state index contributed by atoms with van der Waals surface area (Å²) in [4.78, 5) is 10.5. The van der Waals surface area contributed by atoms with Gasteiger partial charge in [0.25, 0.3) is 0 Å². The summed E-state index contributed by atoms with van der Waals surface area (Å²) < 4.78 is 2.50. The second kappa shape index (κ2) is 10.9. The van der Waals surface area contributed by atoms with Gasteiger partial charge >= 0.3 is 0 Å². The molecular weight excluding hydrogens is 643 g/mol. The summed E-state index contributed by atoms with van der Waals surface area (Å²) in [5.41, 5.74) is 11.5. The smallest absolute Gasteiger partial charge is 0.106 e. The molecule has 0 fully saturated rings. The van der Waals surface area contributed by atoms with E-state index in [1.807, 2.05) is 41.7 Å². The molecule has 0 spiro atoms. The first-order valence-electron chi connectivity index (χ1n) is 16.9. The van der Waals surface area contributed by atoms with Gasteiger partial charge in [0.2, 0.25) is 0 Å². The maximum absolute atomic E-state index is 5.24. The molecule has 9 aromatic rings. The highest BCUT2D eigenvalue weighted by Crippen LogP contribution is 2.53. The Morgan fingerprint density at radius 1 is 0.412 bits per heavy atom. The third kappa shape index (κ3) is 4.17. The molecule has 51 heavy (non-hydrogen) atoms. The van der Waals surface area contributed by atoms with Crippen LogP contribution in [-0.4, -0.2) is 15.4 Å². The van der Waals surface area contributed by atoms with Crippen LogP contribution < -0.4 is 10.7 Å². The number of para-hydroxylation sites is 1. The number of hydrogen-bond acceptors (Lipinski definition) is 6. The van der Waals surface area contributed by atoms with Crippen LogP contribution in [0.3, 0.4) is 0 Å². The fraction of sp³-hybridized carbons (Fsp3) is 0. The fourth-order valence-electron chi connectivity index (χ4n) is 7.89. The molecule has 11 rings (SSSR count). The zero-order chi connectivity index (χ0) is 33.5. The molecule has 0 N–H and O–H groups in total. The van der Waals surface area contributed by atoms with E-state index in [2.05, 4.69) is 127 Å². The van der Waals surface area contributed by atoms with Gasteiger partial charge in [-0.3, -0.25) is 0 Å². The number of aromatic nitrogens is 3. The van der Waals surface area contributed by atoms with Gasteiger partial charge in [0, 0.05) is 58.4 Å². The van der Waals surface area contributed by atoms with Crippen LogP contribution in [0.5, 0.6) is 0 Å². The van der Waals surface area contributed by atoms with Crippen LogP contribution in [-0.2, 0) is 0 Å². The van der Waals surface area contributed by atoms with Gasteiger partial charge in [0.15, 0.2) is 0 Å². The normalized spacial score (nSPS) is 12.2. The van der Waals surface area contributed by atoms with Crippen molar-refractivity contribution in [3.8, 4) is 55.9 Å². The summed E-state index contributed by atoms with van der Waals surface area (Å²) in [5.74, 6) is 0. The number of nitrogens with zero attached hydrogens (tertiary/aromatic N) is 5. The first kappa shape index (κ1) is 28.2. The van der Waals surface area contributed by atoms with Crippen LogP contribution >= 0.6 is 11.3 Å². The van der Waals surface area contributed by atoms with Crippen molar-refractivity contribution in [1.82, 2.24) is 15.4 Å². The molecule has 7 aromatic carbocycles. The molecule has 0 aliphatic carbocycles. The number of hydrogen-bond donors (Lipinski definition) is 0. The summed E-state index contributed by atoms with van der Waals surface area (Å²) in [5, 5.41) is 20.8. The molecule has 0 unspecified atom stereocenters. The van der Waals surface area contributed by atoms with Crippen molar-refractivity contribution < 1.29 is 0 Å². The summed E-state index contributed by atoms with van der Waals surface area (Å²) in [6.45, 7) is 0. The Balaban J connectivity index is 1.32. The van der Waals surface area contributed by atoms with E-state index in [-0.39, 0.29) is 0 Å². The lowest BCUT2D eigenvalue weighted by molar-refractivity contribution is 0.879. The molecule has 6 heteroatoms. The topological polar surface area (TPSA) is 63.4 Å². The molecular formula is C45H25N5S. The van der Waals surface area contributed by atoms with E-state index >= 15 is 0 Å². The van der Waals surface area contributed by atoms with Crippen LogP contribution in [0.4, 0.5) is 11.4 Å². The van der Waals surface area contributed by atoms with Crippen LogP contribution in [0.2, 0.25) is 0 Å². The van der Waals surface area contributed by atoms with E-state index in [0.717, 1.165) is 88.4 Å².